The monoisotopic (exact) mass is 291 g/mol. The Labute approximate surface area is 111 Å². The first-order valence-corrected chi connectivity index (χ1v) is 7.63. The summed E-state index contributed by atoms with van der Waals surface area (Å²) in [4.78, 5) is 0.900. The molecule has 0 aliphatic heterocycles. The van der Waals surface area contributed by atoms with E-state index in [4.69, 9.17) is 10.9 Å². The van der Waals surface area contributed by atoms with Gasteiger partial charge in [0.1, 0.15) is 4.21 Å². The number of thiophene rings is 1. The maximum atomic E-state index is 12.1. The molecule has 1 rings (SSSR count). The third-order valence-electron chi connectivity index (χ3n) is 2.72. The van der Waals surface area contributed by atoms with Crippen molar-refractivity contribution in [1.29, 1.82) is 0 Å². The van der Waals surface area contributed by atoms with Crippen molar-refractivity contribution < 1.29 is 13.6 Å². The summed E-state index contributed by atoms with van der Waals surface area (Å²) >= 11 is 1.17. The summed E-state index contributed by atoms with van der Waals surface area (Å²) in [7, 11) is -3.67. The van der Waals surface area contributed by atoms with Crippen LogP contribution in [0.15, 0.2) is 21.5 Å². The molecule has 0 saturated heterocycles. The maximum Gasteiger partial charge on any atom is 0.250 e. The predicted octanol–water partition coefficient (Wildman–Crippen LogP) is 1.25. The minimum Gasteiger partial charge on any atom is -0.409 e. The van der Waals surface area contributed by atoms with E-state index < -0.39 is 15.6 Å². The fourth-order valence-electron chi connectivity index (χ4n) is 1.32. The number of rotatable bonds is 5. The van der Waals surface area contributed by atoms with Crippen LogP contribution >= 0.6 is 11.3 Å². The number of aryl methyl sites for hydroxylation is 1. The van der Waals surface area contributed by atoms with E-state index in [1.54, 1.807) is 19.9 Å². The Morgan fingerprint density at radius 1 is 1.61 bits per heavy atom. The summed E-state index contributed by atoms with van der Waals surface area (Å²) < 4.78 is 27.0. The van der Waals surface area contributed by atoms with E-state index in [1.807, 2.05) is 6.92 Å². The molecule has 8 heteroatoms. The van der Waals surface area contributed by atoms with E-state index >= 15 is 0 Å². The van der Waals surface area contributed by atoms with Gasteiger partial charge in [0.15, 0.2) is 5.84 Å². The van der Waals surface area contributed by atoms with E-state index in [2.05, 4.69) is 9.88 Å². The van der Waals surface area contributed by atoms with E-state index in [-0.39, 0.29) is 10.0 Å². The molecule has 0 amide bonds. The molecule has 1 unspecified atom stereocenters. The number of sulfonamides is 1. The number of hydrogen-bond acceptors (Lipinski definition) is 5. The van der Waals surface area contributed by atoms with Crippen LogP contribution in [0.5, 0.6) is 0 Å². The highest BCUT2D eigenvalue weighted by molar-refractivity contribution is 7.91. The molecule has 0 spiro atoms. The summed E-state index contributed by atoms with van der Waals surface area (Å²) in [6.07, 6.45) is 0.368. The normalized spacial score (nSPS) is 16.5. The van der Waals surface area contributed by atoms with Crippen LogP contribution in [0.25, 0.3) is 0 Å². The SMILES string of the molecule is CCC(C)(NS(=O)(=O)c1ccc(C)s1)/C(N)=N/O. The van der Waals surface area contributed by atoms with Gasteiger partial charge in [-0.25, -0.2) is 8.42 Å². The molecule has 4 N–H and O–H groups in total. The largest absolute Gasteiger partial charge is 0.409 e. The Balaban J connectivity index is 3.09. The highest BCUT2D eigenvalue weighted by Crippen LogP contribution is 2.23. The molecule has 18 heavy (non-hydrogen) atoms. The average Bonchev–Trinajstić information content (AvgIpc) is 2.74. The Kier molecular flexibility index (Phi) is 4.36. The molecule has 0 fully saturated rings. The zero-order chi connectivity index (χ0) is 14.0. The van der Waals surface area contributed by atoms with Gasteiger partial charge in [0.2, 0.25) is 0 Å². The lowest BCUT2D eigenvalue weighted by atomic mass is 10.00. The number of oxime groups is 1. The van der Waals surface area contributed by atoms with Crippen molar-refractivity contribution >= 4 is 27.2 Å². The lowest BCUT2D eigenvalue weighted by Gasteiger charge is -2.27. The molecule has 1 heterocycles. The van der Waals surface area contributed by atoms with Gasteiger partial charge in [-0.2, -0.15) is 4.72 Å². The van der Waals surface area contributed by atoms with Crippen molar-refractivity contribution in [2.45, 2.75) is 36.9 Å². The van der Waals surface area contributed by atoms with Crippen molar-refractivity contribution in [3.8, 4) is 0 Å². The molecule has 102 valence electrons. The minimum atomic E-state index is -3.67. The van der Waals surface area contributed by atoms with Gasteiger partial charge in [0, 0.05) is 4.88 Å². The zero-order valence-electron chi connectivity index (χ0n) is 10.5. The summed E-state index contributed by atoms with van der Waals surface area (Å²) in [6.45, 7) is 5.15. The summed E-state index contributed by atoms with van der Waals surface area (Å²) in [6, 6.07) is 3.26. The van der Waals surface area contributed by atoms with Crippen molar-refractivity contribution in [2.75, 3.05) is 0 Å². The topological polar surface area (TPSA) is 105 Å². The van der Waals surface area contributed by atoms with E-state index in [0.29, 0.717) is 6.42 Å². The fraction of sp³-hybridized carbons (Fsp3) is 0.500. The second-order valence-corrected chi connectivity index (χ2v) is 7.34. The molecule has 6 nitrogen and oxygen atoms in total. The van der Waals surface area contributed by atoms with Gasteiger partial charge in [-0.1, -0.05) is 12.1 Å². The molecule has 0 aliphatic rings. The summed E-state index contributed by atoms with van der Waals surface area (Å²) in [5.41, 5.74) is 4.42. The number of hydrogen-bond donors (Lipinski definition) is 3. The summed E-state index contributed by atoms with van der Waals surface area (Å²) in [5.74, 6) is -0.165. The molecule has 1 aromatic heterocycles. The van der Waals surface area contributed by atoms with Gasteiger partial charge in [-0.05, 0) is 32.4 Å². The van der Waals surface area contributed by atoms with Crippen LogP contribution in [0, 0.1) is 6.92 Å². The quantitative estimate of drug-likeness (QED) is 0.328. The van der Waals surface area contributed by atoms with Crippen LogP contribution in [-0.2, 0) is 10.0 Å². The second kappa shape index (κ2) is 5.25. The van der Waals surface area contributed by atoms with Gasteiger partial charge in [0.25, 0.3) is 10.0 Å². The van der Waals surface area contributed by atoms with Crippen LogP contribution in [0.4, 0.5) is 0 Å². The van der Waals surface area contributed by atoms with Crippen LogP contribution < -0.4 is 10.5 Å². The molecule has 0 aromatic carbocycles. The van der Waals surface area contributed by atoms with Gasteiger partial charge >= 0.3 is 0 Å². The van der Waals surface area contributed by atoms with Crippen molar-refractivity contribution in [3.63, 3.8) is 0 Å². The van der Waals surface area contributed by atoms with Crippen molar-refractivity contribution in [3.05, 3.63) is 17.0 Å². The molecule has 0 saturated carbocycles. The van der Waals surface area contributed by atoms with Crippen molar-refractivity contribution in [2.24, 2.45) is 10.9 Å². The predicted molar refractivity (Wildman–Crippen MR) is 71.5 cm³/mol. The van der Waals surface area contributed by atoms with Crippen LogP contribution in [0.2, 0.25) is 0 Å². The van der Waals surface area contributed by atoms with E-state index in [9.17, 15) is 8.42 Å². The molecular formula is C10H17N3O3S2. The van der Waals surface area contributed by atoms with Crippen LogP contribution in [0.1, 0.15) is 25.1 Å². The Bertz CT molecular complexity index is 550. The van der Waals surface area contributed by atoms with Crippen molar-refractivity contribution in [1.82, 2.24) is 4.72 Å². The number of amidine groups is 1. The number of nitrogens with two attached hydrogens (primary N) is 1. The lowest BCUT2D eigenvalue weighted by molar-refractivity contribution is 0.310. The highest BCUT2D eigenvalue weighted by atomic mass is 32.2. The van der Waals surface area contributed by atoms with Crippen LogP contribution in [-0.4, -0.2) is 25.0 Å². The number of nitrogens with one attached hydrogen (secondary N) is 1. The molecule has 1 aromatic rings. The lowest BCUT2D eigenvalue weighted by Crippen LogP contribution is -2.54. The Morgan fingerprint density at radius 3 is 2.61 bits per heavy atom. The molecule has 0 radical (unpaired) electrons. The molecule has 0 aliphatic carbocycles. The first-order valence-electron chi connectivity index (χ1n) is 5.33. The Hall–Kier alpha value is -1.12. The summed E-state index contributed by atoms with van der Waals surface area (Å²) in [5, 5.41) is 11.6. The molecule has 1 atom stereocenters. The van der Waals surface area contributed by atoms with E-state index in [1.165, 1.54) is 17.4 Å². The highest BCUT2D eigenvalue weighted by Gasteiger charge is 2.33. The zero-order valence-corrected chi connectivity index (χ0v) is 12.1. The molecule has 0 bridgehead atoms. The van der Waals surface area contributed by atoms with Crippen LogP contribution in [0.3, 0.4) is 0 Å². The third-order valence-corrected chi connectivity index (χ3v) is 5.81. The minimum absolute atomic E-state index is 0.165. The average molecular weight is 291 g/mol. The number of nitrogens with zero attached hydrogens (tertiary/aromatic N) is 1. The third kappa shape index (κ3) is 3.01. The fourth-order valence-corrected chi connectivity index (χ4v) is 4.06. The van der Waals surface area contributed by atoms with E-state index in [0.717, 1.165) is 4.88 Å². The molecular weight excluding hydrogens is 274 g/mol. The smallest absolute Gasteiger partial charge is 0.250 e. The standard InChI is InChI=1S/C10H17N3O3S2/c1-4-10(3,9(11)12-14)13-18(15,16)8-6-5-7(2)17-8/h5-6,13-14H,4H2,1-3H3,(H2,11,12). The maximum absolute atomic E-state index is 12.1. The van der Waals surface area contributed by atoms with Gasteiger partial charge in [-0.15, -0.1) is 11.3 Å². The van der Waals surface area contributed by atoms with Gasteiger partial charge < -0.3 is 10.9 Å². The first kappa shape index (κ1) is 14.9. The Morgan fingerprint density at radius 2 is 2.22 bits per heavy atom. The first-order chi connectivity index (χ1) is 8.25. The van der Waals surface area contributed by atoms with Gasteiger partial charge in [0.05, 0.1) is 5.54 Å². The second-order valence-electron chi connectivity index (χ2n) is 4.14. The van der Waals surface area contributed by atoms with Gasteiger partial charge in [-0.3, -0.25) is 0 Å².